The predicted octanol–water partition coefficient (Wildman–Crippen LogP) is 4.46. The van der Waals surface area contributed by atoms with Gasteiger partial charge in [-0.2, -0.15) is 0 Å². The molecule has 0 saturated heterocycles. The van der Waals surface area contributed by atoms with Gasteiger partial charge in [-0.05, 0) is 44.2 Å². The molecule has 3 aromatic rings. The monoisotopic (exact) mass is 415 g/mol. The predicted molar refractivity (Wildman–Crippen MR) is 109 cm³/mol. The summed E-state index contributed by atoms with van der Waals surface area (Å²) in [5, 5.41) is 8.66. The number of hydrogen-bond acceptors (Lipinski definition) is 6. The van der Waals surface area contributed by atoms with Gasteiger partial charge >= 0.3 is 0 Å². The smallest absolute Gasteiger partial charge is 0.254 e. The Morgan fingerprint density at radius 2 is 1.83 bits per heavy atom. The highest BCUT2D eigenvalue weighted by Gasteiger charge is 2.23. The molecule has 3 rings (SSSR count). The zero-order valence-electron chi connectivity index (χ0n) is 16.7. The van der Waals surface area contributed by atoms with E-state index in [1.165, 1.54) is 7.11 Å². The molecule has 0 spiro atoms. The van der Waals surface area contributed by atoms with Crippen molar-refractivity contribution in [2.24, 2.45) is 0 Å². The maximum Gasteiger partial charge on any atom is 0.254 e. The summed E-state index contributed by atoms with van der Waals surface area (Å²) in [6.45, 7) is 4.01. The Balaban J connectivity index is 1.84. The third-order valence-electron chi connectivity index (χ3n) is 4.39. The van der Waals surface area contributed by atoms with Gasteiger partial charge in [0.15, 0.2) is 11.5 Å². The van der Waals surface area contributed by atoms with E-state index >= 15 is 0 Å². The van der Waals surface area contributed by atoms with E-state index in [-0.39, 0.29) is 18.5 Å². The molecule has 8 heteroatoms. The summed E-state index contributed by atoms with van der Waals surface area (Å²) in [5.41, 5.74) is 1.12. The molecule has 0 atom stereocenters. The SMILES string of the molecule is COc1ccc(C(=O)N(Cc2nnc(-c3ccccc3Cl)o2)C(C)C)cc1OC. The van der Waals surface area contributed by atoms with Gasteiger partial charge in [-0.25, -0.2) is 0 Å². The highest BCUT2D eigenvalue weighted by molar-refractivity contribution is 6.33. The van der Waals surface area contributed by atoms with Crippen LogP contribution in [0.4, 0.5) is 0 Å². The summed E-state index contributed by atoms with van der Waals surface area (Å²) in [6.07, 6.45) is 0. The van der Waals surface area contributed by atoms with E-state index in [2.05, 4.69) is 10.2 Å². The lowest BCUT2D eigenvalue weighted by molar-refractivity contribution is 0.0672. The molecular weight excluding hydrogens is 394 g/mol. The normalized spacial score (nSPS) is 10.8. The molecule has 0 saturated carbocycles. The first-order chi connectivity index (χ1) is 13.9. The molecule has 0 bridgehead atoms. The van der Waals surface area contributed by atoms with Crippen molar-refractivity contribution in [2.45, 2.75) is 26.4 Å². The van der Waals surface area contributed by atoms with Crippen molar-refractivity contribution in [1.82, 2.24) is 15.1 Å². The van der Waals surface area contributed by atoms with Gasteiger partial charge in [0, 0.05) is 11.6 Å². The summed E-state index contributed by atoms with van der Waals surface area (Å²) < 4.78 is 16.3. The molecule has 1 amide bonds. The van der Waals surface area contributed by atoms with Crippen LogP contribution in [0.2, 0.25) is 5.02 Å². The number of benzene rings is 2. The molecule has 0 fully saturated rings. The van der Waals surface area contributed by atoms with Crippen molar-refractivity contribution in [3.05, 3.63) is 58.9 Å². The van der Waals surface area contributed by atoms with E-state index in [0.717, 1.165) is 0 Å². The van der Waals surface area contributed by atoms with Gasteiger partial charge in [-0.1, -0.05) is 23.7 Å². The van der Waals surface area contributed by atoms with Gasteiger partial charge in [-0.3, -0.25) is 4.79 Å². The van der Waals surface area contributed by atoms with E-state index in [0.29, 0.717) is 39.4 Å². The number of ether oxygens (including phenoxy) is 2. The molecule has 0 N–H and O–H groups in total. The van der Waals surface area contributed by atoms with Crippen molar-refractivity contribution in [1.29, 1.82) is 0 Å². The van der Waals surface area contributed by atoms with Gasteiger partial charge in [-0.15, -0.1) is 10.2 Å². The highest BCUT2D eigenvalue weighted by atomic mass is 35.5. The topological polar surface area (TPSA) is 77.7 Å². The Morgan fingerprint density at radius 1 is 1.10 bits per heavy atom. The van der Waals surface area contributed by atoms with Crippen LogP contribution in [0.5, 0.6) is 11.5 Å². The van der Waals surface area contributed by atoms with E-state index in [4.69, 9.17) is 25.5 Å². The maximum absolute atomic E-state index is 13.1. The first-order valence-corrected chi connectivity index (χ1v) is 9.42. The molecule has 0 radical (unpaired) electrons. The standard InChI is InChI=1S/C21H22ClN3O4/c1-13(2)25(21(26)14-9-10-17(27-3)18(11-14)28-4)12-19-23-24-20(29-19)15-7-5-6-8-16(15)22/h5-11,13H,12H2,1-4H3. The summed E-state index contributed by atoms with van der Waals surface area (Å²) in [4.78, 5) is 14.8. The number of aromatic nitrogens is 2. The van der Waals surface area contributed by atoms with Crippen LogP contribution in [-0.2, 0) is 6.54 Å². The quantitative estimate of drug-likeness (QED) is 0.567. The van der Waals surface area contributed by atoms with Crippen LogP contribution in [0.3, 0.4) is 0 Å². The van der Waals surface area contributed by atoms with Crippen LogP contribution < -0.4 is 9.47 Å². The van der Waals surface area contributed by atoms with Crippen molar-refractivity contribution in [3.63, 3.8) is 0 Å². The Hall–Kier alpha value is -3.06. The average molecular weight is 416 g/mol. The van der Waals surface area contributed by atoms with Crippen molar-refractivity contribution < 1.29 is 18.7 Å². The van der Waals surface area contributed by atoms with Crippen molar-refractivity contribution in [3.8, 4) is 23.0 Å². The minimum atomic E-state index is -0.182. The minimum Gasteiger partial charge on any atom is -0.493 e. The number of carbonyl (C=O) groups excluding carboxylic acids is 1. The highest BCUT2D eigenvalue weighted by Crippen LogP contribution is 2.29. The number of hydrogen-bond donors (Lipinski definition) is 0. The zero-order chi connectivity index (χ0) is 21.0. The molecule has 7 nitrogen and oxygen atoms in total. The summed E-state index contributed by atoms with van der Waals surface area (Å²) in [7, 11) is 3.08. The maximum atomic E-state index is 13.1. The molecule has 0 unspecified atom stereocenters. The Bertz CT molecular complexity index is 1000. The Kier molecular flexibility index (Phi) is 6.39. The molecule has 0 aliphatic rings. The second kappa shape index (κ2) is 8.96. The number of methoxy groups -OCH3 is 2. The fourth-order valence-corrected chi connectivity index (χ4v) is 3.05. The zero-order valence-corrected chi connectivity index (χ0v) is 17.4. The van der Waals surface area contributed by atoms with E-state index in [9.17, 15) is 4.79 Å². The number of halogens is 1. The van der Waals surface area contributed by atoms with E-state index in [1.54, 1.807) is 42.3 Å². The van der Waals surface area contributed by atoms with Crippen LogP contribution in [-0.4, -0.2) is 41.3 Å². The molecule has 0 aliphatic heterocycles. The van der Waals surface area contributed by atoms with Gasteiger partial charge in [0.25, 0.3) is 5.91 Å². The fourth-order valence-electron chi connectivity index (χ4n) is 2.83. The van der Waals surface area contributed by atoms with Gasteiger partial charge in [0.1, 0.15) is 0 Å². The minimum absolute atomic E-state index is 0.0914. The van der Waals surface area contributed by atoms with E-state index in [1.807, 2.05) is 26.0 Å². The molecule has 1 aromatic heterocycles. The number of rotatable bonds is 7. The first kappa shape index (κ1) is 20.7. The van der Waals surface area contributed by atoms with Gasteiger partial charge < -0.3 is 18.8 Å². The van der Waals surface area contributed by atoms with Crippen LogP contribution in [0.25, 0.3) is 11.5 Å². The van der Waals surface area contributed by atoms with Crippen LogP contribution >= 0.6 is 11.6 Å². The fraction of sp³-hybridized carbons (Fsp3) is 0.286. The molecule has 0 aliphatic carbocycles. The lowest BCUT2D eigenvalue weighted by atomic mass is 10.1. The van der Waals surface area contributed by atoms with Gasteiger partial charge in [0.05, 0.1) is 31.4 Å². The number of carbonyl (C=O) groups is 1. The Labute approximate surface area is 174 Å². The molecule has 2 aromatic carbocycles. The molecule has 152 valence electrons. The summed E-state index contributed by atoms with van der Waals surface area (Å²) >= 11 is 6.19. The third kappa shape index (κ3) is 4.51. The van der Waals surface area contributed by atoms with Crippen molar-refractivity contribution >= 4 is 17.5 Å². The lowest BCUT2D eigenvalue weighted by Gasteiger charge is -2.25. The number of nitrogens with zero attached hydrogens (tertiary/aromatic N) is 3. The largest absolute Gasteiger partial charge is 0.493 e. The molecule has 1 heterocycles. The summed E-state index contributed by atoms with van der Waals surface area (Å²) in [6, 6.07) is 12.2. The van der Waals surface area contributed by atoms with E-state index < -0.39 is 0 Å². The van der Waals surface area contributed by atoms with Crippen LogP contribution in [0.15, 0.2) is 46.9 Å². The van der Waals surface area contributed by atoms with Crippen molar-refractivity contribution in [2.75, 3.05) is 14.2 Å². The second-order valence-electron chi connectivity index (χ2n) is 6.58. The lowest BCUT2D eigenvalue weighted by Crippen LogP contribution is -2.36. The average Bonchev–Trinajstić information content (AvgIpc) is 3.19. The molecular formula is C21H22ClN3O4. The second-order valence-corrected chi connectivity index (χ2v) is 6.98. The first-order valence-electron chi connectivity index (χ1n) is 9.04. The summed E-state index contributed by atoms with van der Waals surface area (Å²) in [5.74, 6) is 1.50. The third-order valence-corrected chi connectivity index (χ3v) is 4.72. The van der Waals surface area contributed by atoms with Crippen LogP contribution in [0.1, 0.15) is 30.1 Å². The number of amides is 1. The Morgan fingerprint density at radius 3 is 2.48 bits per heavy atom. The van der Waals surface area contributed by atoms with Crippen LogP contribution in [0, 0.1) is 0 Å². The van der Waals surface area contributed by atoms with Gasteiger partial charge in [0.2, 0.25) is 11.8 Å². The molecule has 29 heavy (non-hydrogen) atoms.